The van der Waals surface area contributed by atoms with Gasteiger partial charge in [-0.2, -0.15) is 0 Å². The largest absolute Gasteiger partial charge is 0.354 e. The molecule has 0 spiro atoms. The number of hydrogen-bond acceptors (Lipinski definition) is 6. The van der Waals surface area contributed by atoms with Gasteiger partial charge in [-0.15, -0.1) is 0 Å². The first-order chi connectivity index (χ1) is 13.0. The van der Waals surface area contributed by atoms with Crippen LogP contribution in [0.15, 0.2) is 47.1 Å². The zero-order valence-corrected chi connectivity index (χ0v) is 16.3. The van der Waals surface area contributed by atoms with Crippen molar-refractivity contribution in [1.82, 2.24) is 9.88 Å². The number of halogens is 1. The summed E-state index contributed by atoms with van der Waals surface area (Å²) in [5, 5.41) is 13.6. The summed E-state index contributed by atoms with van der Waals surface area (Å²) in [6.45, 7) is 4.00. The van der Waals surface area contributed by atoms with Gasteiger partial charge in [0.1, 0.15) is 11.5 Å². The number of anilines is 2. The smallest absolute Gasteiger partial charge is 0.292 e. The molecule has 0 atom stereocenters. The highest BCUT2D eigenvalue weighted by molar-refractivity contribution is 9.10. The fourth-order valence-corrected chi connectivity index (χ4v) is 3.20. The molecule has 9 heteroatoms. The predicted octanol–water partition coefficient (Wildman–Crippen LogP) is 2.90. The highest BCUT2D eigenvalue weighted by Crippen LogP contribution is 2.23. The van der Waals surface area contributed by atoms with Gasteiger partial charge < -0.3 is 10.2 Å². The van der Waals surface area contributed by atoms with E-state index in [1.54, 1.807) is 24.4 Å². The van der Waals surface area contributed by atoms with Gasteiger partial charge in [0.05, 0.1) is 4.92 Å². The van der Waals surface area contributed by atoms with E-state index >= 15 is 0 Å². The number of carbonyl (C=O) groups is 1. The quantitative estimate of drug-likeness (QED) is 0.556. The molecule has 142 valence electrons. The molecule has 0 aliphatic carbocycles. The molecule has 0 saturated carbocycles. The maximum atomic E-state index is 12.2. The van der Waals surface area contributed by atoms with Crippen molar-refractivity contribution in [2.75, 3.05) is 42.9 Å². The average Bonchev–Trinajstić information content (AvgIpc) is 2.68. The predicted molar refractivity (Wildman–Crippen MR) is 107 cm³/mol. The molecule has 2 aromatic rings. The van der Waals surface area contributed by atoms with Gasteiger partial charge >= 0.3 is 0 Å². The molecule has 0 radical (unpaired) electrons. The number of hydrogen-bond donors (Lipinski definition) is 1. The molecule has 0 bridgehead atoms. The van der Waals surface area contributed by atoms with Crippen molar-refractivity contribution in [3.63, 3.8) is 0 Å². The van der Waals surface area contributed by atoms with Gasteiger partial charge in [-0.05, 0) is 34.1 Å². The number of nitrogens with zero attached hydrogens (tertiary/aromatic N) is 4. The molecule has 1 N–H and O–H groups in total. The molecule has 1 aliphatic rings. The molecule has 8 nitrogen and oxygen atoms in total. The molecule has 0 unspecified atom stereocenters. The number of nitro groups is 1. The van der Waals surface area contributed by atoms with E-state index in [2.05, 4.69) is 36.0 Å². The molecule has 1 aliphatic heterocycles. The van der Waals surface area contributed by atoms with Crippen LogP contribution in [0, 0.1) is 10.1 Å². The second-order valence-corrected chi connectivity index (χ2v) is 7.15. The van der Waals surface area contributed by atoms with Gasteiger partial charge in [-0.25, -0.2) is 4.98 Å². The second kappa shape index (κ2) is 8.92. The van der Waals surface area contributed by atoms with Crippen LogP contribution in [0.5, 0.6) is 0 Å². The summed E-state index contributed by atoms with van der Waals surface area (Å²) >= 11 is 3.38. The number of aromatic nitrogens is 1. The third-order valence-electron chi connectivity index (χ3n) is 4.44. The SMILES string of the molecule is O=C(CCN1CCN(c2ccc(Br)cn2)CC1)Nc1ccccc1[N+](=O)[O-]. The minimum atomic E-state index is -0.495. The number of para-hydroxylation sites is 2. The van der Waals surface area contributed by atoms with Crippen LogP contribution in [0.2, 0.25) is 0 Å². The van der Waals surface area contributed by atoms with Crippen molar-refractivity contribution in [2.24, 2.45) is 0 Å². The van der Waals surface area contributed by atoms with Gasteiger partial charge in [0.15, 0.2) is 0 Å². The summed E-state index contributed by atoms with van der Waals surface area (Å²) in [7, 11) is 0. The van der Waals surface area contributed by atoms with Gasteiger partial charge in [-0.3, -0.25) is 19.8 Å². The lowest BCUT2D eigenvalue weighted by Gasteiger charge is -2.35. The second-order valence-electron chi connectivity index (χ2n) is 6.24. The van der Waals surface area contributed by atoms with Crippen LogP contribution in [0.3, 0.4) is 0 Å². The van der Waals surface area contributed by atoms with Crippen LogP contribution >= 0.6 is 15.9 Å². The monoisotopic (exact) mass is 433 g/mol. The van der Waals surface area contributed by atoms with Crippen molar-refractivity contribution in [3.05, 3.63) is 57.2 Å². The molecule has 1 saturated heterocycles. The maximum absolute atomic E-state index is 12.2. The molecule has 3 rings (SSSR count). The van der Waals surface area contributed by atoms with E-state index in [0.717, 1.165) is 36.5 Å². The number of piperazine rings is 1. The van der Waals surface area contributed by atoms with Crippen molar-refractivity contribution in [3.8, 4) is 0 Å². The number of carbonyl (C=O) groups excluding carboxylic acids is 1. The minimum Gasteiger partial charge on any atom is -0.354 e. The van der Waals surface area contributed by atoms with Crippen molar-refractivity contribution >= 4 is 39.0 Å². The molecular formula is C18H20BrN5O3. The summed E-state index contributed by atoms with van der Waals surface area (Å²) < 4.78 is 0.953. The Labute approximate surface area is 165 Å². The summed E-state index contributed by atoms with van der Waals surface area (Å²) in [5.74, 6) is 0.730. The third kappa shape index (κ3) is 5.24. The van der Waals surface area contributed by atoms with E-state index in [1.807, 2.05) is 12.1 Å². The highest BCUT2D eigenvalue weighted by Gasteiger charge is 2.19. The van der Waals surface area contributed by atoms with E-state index in [9.17, 15) is 14.9 Å². The first-order valence-electron chi connectivity index (χ1n) is 8.65. The molecule has 1 aromatic heterocycles. The number of pyridine rings is 1. The molecule has 1 aromatic carbocycles. The lowest BCUT2D eigenvalue weighted by Crippen LogP contribution is -2.47. The van der Waals surface area contributed by atoms with E-state index in [0.29, 0.717) is 13.0 Å². The highest BCUT2D eigenvalue weighted by atomic mass is 79.9. The average molecular weight is 434 g/mol. The van der Waals surface area contributed by atoms with E-state index in [1.165, 1.54) is 6.07 Å². The number of nitrogens with one attached hydrogen (secondary N) is 1. The lowest BCUT2D eigenvalue weighted by molar-refractivity contribution is -0.383. The maximum Gasteiger partial charge on any atom is 0.292 e. The standard InChI is InChI=1S/C18H20BrN5O3/c19-14-5-6-17(20-13-14)23-11-9-22(10-12-23)8-7-18(25)21-15-3-1-2-4-16(15)24(26)27/h1-6,13H,7-12H2,(H,21,25). The zero-order chi connectivity index (χ0) is 19.2. The van der Waals surface area contributed by atoms with E-state index < -0.39 is 4.92 Å². The molecule has 1 fully saturated rings. The van der Waals surface area contributed by atoms with Crippen LogP contribution < -0.4 is 10.2 Å². The molecule has 2 heterocycles. The number of benzene rings is 1. The van der Waals surface area contributed by atoms with Crippen LogP contribution in [-0.2, 0) is 4.79 Å². The Morgan fingerprint density at radius 1 is 1.19 bits per heavy atom. The van der Waals surface area contributed by atoms with Gasteiger partial charge in [0.2, 0.25) is 5.91 Å². The first kappa shape index (κ1) is 19.2. The number of nitro benzene ring substituents is 1. The third-order valence-corrected chi connectivity index (χ3v) is 4.91. The topological polar surface area (TPSA) is 91.6 Å². The Kier molecular flexibility index (Phi) is 6.36. The van der Waals surface area contributed by atoms with E-state index in [-0.39, 0.29) is 17.3 Å². The molecule has 27 heavy (non-hydrogen) atoms. The minimum absolute atomic E-state index is 0.0959. The van der Waals surface area contributed by atoms with Crippen LogP contribution in [0.1, 0.15) is 6.42 Å². The fraction of sp³-hybridized carbons (Fsp3) is 0.333. The van der Waals surface area contributed by atoms with Crippen molar-refractivity contribution in [2.45, 2.75) is 6.42 Å². The molecule has 1 amide bonds. The van der Waals surface area contributed by atoms with Gasteiger partial charge in [0.25, 0.3) is 5.69 Å². The Morgan fingerprint density at radius 2 is 1.93 bits per heavy atom. The Balaban J connectivity index is 1.45. The Morgan fingerprint density at radius 3 is 2.59 bits per heavy atom. The van der Waals surface area contributed by atoms with Crippen LogP contribution in [-0.4, -0.2) is 53.4 Å². The van der Waals surface area contributed by atoms with E-state index in [4.69, 9.17) is 0 Å². The van der Waals surface area contributed by atoms with Gasteiger partial charge in [0, 0.05) is 55.9 Å². The van der Waals surface area contributed by atoms with Gasteiger partial charge in [-0.1, -0.05) is 12.1 Å². The van der Waals surface area contributed by atoms with Crippen LogP contribution in [0.25, 0.3) is 0 Å². The summed E-state index contributed by atoms with van der Waals surface area (Å²) in [6.07, 6.45) is 2.08. The number of amides is 1. The van der Waals surface area contributed by atoms with Crippen LogP contribution in [0.4, 0.5) is 17.2 Å². The zero-order valence-electron chi connectivity index (χ0n) is 14.7. The summed E-state index contributed by atoms with van der Waals surface area (Å²) in [4.78, 5) is 31.5. The first-order valence-corrected chi connectivity index (χ1v) is 9.44. The van der Waals surface area contributed by atoms with Crippen molar-refractivity contribution < 1.29 is 9.72 Å². The normalized spacial score (nSPS) is 14.8. The fourth-order valence-electron chi connectivity index (χ4n) is 2.97. The Hall–Kier alpha value is -2.52. The van der Waals surface area contributed by atoms with Crippen molar-refractivity contribution in [1.29, 1.82) is 0 Å². The number of rotatable bonds is 6. The lowest BCUT2D eigenvalue weighted by atomic mass is 10.2. The summed E-state index contributed by atoms with van der Waals surface area (Å²) in [5.41, 5.74) is 0.139. The molecular weight excluding hydrogens is 414 g/mol. The summed E-state index contributed by atoms with van der Waals surface area (Å²) in [6, 6.07) is 10.1. The Bertz CT molecular complexity index is 807.